The summed E-state index contributed by atoms with van der Waals surface area (Å²) in [6.07, 6.45) is 3.34. The van der Waals surface area contributed by atoms with Crippen LogP contribution in [0.15, 0.2) is 82.1 Å². The van der Waals surface area contributed by atoms with Crippen molar-refractivity contribution in [2.45, 2.75) is 25.8 Å². The van der Waals surface area contributed by atoms with Crippen LogP contribution in [-0.2, 0) is 6.42 Å². The van der Waals surface area contributed by atoms with E-state index in [4.69, 9.17) is 14.5 Å². The number of allylic oxidation sites excluding steroid dienone is 1. The molecule has 2 heterocycles. The number of aromatic nitrogens is 1. The monoisotopic (exact) mass is 539 g/mol. The summed E-state index contributed by atoms with van der Waals surface area (Å²) in [6, 6.07) is 20.4. The van der Waals surface area contributed by atoms with Gasteiger partial charge in [-0.15, -0.1) is 0 Å². The van der Waals surface area contributed by atoms with Crippen molar-refractivity contribution in [1.82, 2.24) is 4.57 Å². The third-order valence-electron chi connectivity index (χ3n) is 7.06. The van der Waals surface area contributed by atoms with E-state index >= 15 is 0 Å². The van der Waals surface area contributed by atoms with E-state index in [0.717, 1.165) is 35.2 Å². The number of nitrogens with zero attached hydrogens (tertiary/aromatic N) is 3. The van der Waals surface area contributed by atoms with Crippen LogP contribution in [0.5, 0.6) is 11.5 Å². The van der Waals surface area contributed by atoms with E-state index in [2.05, 4.69) is 12.1 Å². The third-order valence-corrected chi connectivity index (χ3v) is 8.04. The van der Waals surface area contributed by atoms with Gasteiger partial charge in [0.15, 0.2) is 10.6 Å². The van der Waals surface area contributed by atoms with Crippen molar-refractivity contribution < 1.29 is 14.4 Å². The zero-order valence-corrected chi connectivity index (χ0v) is 22.2. The molecule has 0 saturated carbocycles. The highest BCUT2D eigenvalue weighted by Gasteiger charge is 2.32. The van der Waals surface area contributed by atoms with Crippen molar-refractivity contribution in [2.24, 2.45) is 4.99 Å². The first-order valence-corrected chi connectivity index (χ1v) is 13.5. The molecule has 6 rings (SSSR count). The molecule has 0 spiro atoms. The Hall–Kier alpha value is -4.50. The molecule has 4 aromatic rings. The Bertz CT molecular complexity index is 1840. The Labute approximate surface area is 228 Å². The highest BCUT2D eigenvalue weighted by molar-refractivity contribution is 7.07. The fourth-order valence-corrected chi connectivity index (χ4v) is 6.33. The Balaban J connectivity index is 1.57. The van der Waals surface area contributed by atoms with Gasteiger partial charge in [-0.05, 0) is 66.3 Å². The van der Waals surface area contributed by atoms with Crippen LogP contribution in [0.2, 0.25) is 0 Å². The largest absolute Gasteiger partial charge is 0.497 e. The van der Waals surface area contributed by atoms with Crippen LogP contribution in [0, 0.1) is 10.1 Å². The molecular formula is C30H25N3O5S. The molecule has 0 N–H and O–H groups in total. The molecule has 0 fully saturated rings. The highest BCUT2D eigenvalue weighted by atomic mass is 32.1. The molecule has 1 aliphatic carbocycles. The summed E-state index contributed by atoms with van der Waals surface area (Å²) in [7, 11) is 1.63. The summed E-state index contributed by atoms with van der Waals surface area (Å²) in [6.45, 7) is 2.09. The van der Waals surface area contributed by atoms with Crippen molar-refractivity contribution in [3.63, 3.8) is 0 Å². The maximum Gasteiger partial charge on any atom is 0.311 e. The number of benzene rings is 3. The van der Waals surface area contributed by atoms with Crippen LogP contribution in [0.4, 0.5) is 5.69 Å². The molecule has 9 heteroatoms. The number of hydrogen-bond donors (Lipinski definition) is 0. The molecule has 0 radical (unpaired) electrons. The number of hydrogen-bond acceptors (Lipinski definition) is 7. The van der Waals surface area contributed by atoms with Gasteiger partial charge in [-0.1, -0.05) is 53.8 Å². The topological polar surface area (TPSA) is 96.0 Å². The van der Waals surface area contributed by atoms with Gasteiger partial charge in [0.1, 0.15) is 5.75 Å². The standard InChI is InChI=1S/C30H25N3O5S/c1-3-38-25-14-11-18(15-24(25)33(35)36)16-26-29(34)32-28(20-8-6-9-21(17-20)37-2)23-13-12-19-7-4-5-10-22(19)27(23)31-30(32)39-26/h4-11,14-17,28H,3,12-13H2,1-2H3. The zero-order chi connectivity index (χ0) is 27.1. The lowest BCUT2D eigenvalue weighted by Gasteiger charge is -2.31. The van der Waals surface area contributed by atoms with Gasteiger partial charge in [0.25, 0.3) is 5.56 Å². The normalized spacial score (nSPS) is 16.2. The Morgan fingerprint density at radius 1 is 1.13 bits per heavy atom. The summed E-state index contributed by atoms with van der Waals surface area (Å²) < 4.78 is 13.1. The van der Waals surface area contributed by atoms with Crippen LogP contribution < -0.4 is 24.4 Å². The van der Waals surface area contributed by atoms with Gasteiger partial charge in [0.2, 0.25) is 0 Å². The third kappa shape index (κ3) is 4.34. The summed E-state index contributed by atoms with van der Waals surface area (Å²) in [5, 5.41) is 11.6. The second-order valence-corrected chi connectivity index (χ2v) is 10.3. The minimum atomic E-state index is -0.474. The quantitative estimate of drug-likeness (QED) is 0.263. The van der Waals surface area contributed by atoms with E-state index in [1.807, 2.05) is 36.4 Å². The van der Waals surface area contributed by atoms with Crippen molar-refractivity contribution in [3.05, 3.63) is 124 Å². The van der Waals surface area contributed by atoms with E-state index in [1.54, 1.807) is 36.8 Å². The minimum absolute atomic E-state index is 0.139. The summed E-state index contributed by atoms with van der Waals surface area (Å²) in [5.41, 5.74) is 5.50. The molecule has 0 bridgehead atoms. The highest BCUT2D eigenvalue weighted by Crippen LogP contribution is 2.41. The fraction of sp³-hybridized carbons (Fsp3) is 0.200. The Kier molecular flexibility index (Phi) is 6.36. The van der Waals surface area contributed by atoms with E-state index < -0.39 is 4.92 Å². The van der Waals surface area contributed by atoms with Gasteiger partial charge in [0, 0.05) is 11.6 Å². The molecule has 0 saturated heterocycles. The van der Waals surface area contributed by atoms with Crippen molar-refractivity contribution in [3.8, 4) is 11.5 Å². The Morgan fingerprint density at radius 3 is 2.77 bits per heavy atom. The van der Waals surface area contributed by atoms with E-state index in [0.29, 0.717) is 27.3 Å². The smallest absolute Gasteiger partial charge is 0.311 e. The first-order chi connectivity index (χ1) is 19.0. The summed E-state index contributed by atoms with van der Waals surface area (Å²) in [4.78, 5) is 30.7. The molecule has 1 atom stereocenters. The SMILES string of the molecule is CCOc1ccc(C=c2sc3n(c2=O)C(c2cccc(OC)c2)C2=C(N=3)c3ccccc3CC2)cc1[N+](=O)[O-]. The Morgan fingerprint density at radius 2 is 1.97 bits per heavy atom. The van der Waals surface area contributed by atoms with Crippen LogP contribution in [0.25, 0.3) is 11.8 Å². The molecule has 39 heavy (non-hydrogen) atoms. The van der Waals surface area contributed by atoms with Crippen molar-refractivity contribution in [2.75, 3.05) is 13.7 Å². The second-order valence-electron chi connectivity index (χ2n) is 9.31. The lowest BCUT2D eigenvalue weighted by molar-refractivity contribution is -0.385. The van der Waals surface area contributed by atoms with Gasteiger partial charge in [-0.2, -0.15) is 0 Å². The number of methoxy groups -OCH3 is 1. The minimum Gasteiger partial charge on any atom is -0.497 e. The van der Waals surface area contributed by atoms with Crippen molar-refractivity contribution in [1.29, 1.82) is 0 Å². The molecule has 8 nitrogen and oxygen atoms in total. The molecule has 196 valence electrons. The van der Waals surface area contributed by atoms with E-state index in [1.165, 1.54) is 23.0 Å². The number of nitro groups is 1. The van der Waals surface area contributed by atoms with E-state index in [-0.39, 0.29) is 23.0 Å². The first kappa shape index (κ1) is 24.8. The van der Waals surface area contributed by atoms with Gasteiger partial charge >= 0.3 is 5.69 Å². The number of aryl methyl sites for hydroxylation is 1. The molecule has 1 aromatic heterocycles. The van der Waals surface area contributed by atoms with Crippen molar-refractivity contribution >= 4 is 28.8 Å². The van der Waals surface area contributed by atoms with Gasteiger partial charge in [-0.25, -0.2) is 4.99 Å². The molecule has 3 aromatic carbocycles. The number of nitro benzene ring substituents is 1. The number of rotatable bonds is 6. The molecule has 1 unspecified atom stereocenters. The van der Waals surface area contributed by atoms with Crippen LogP contribution in [0.1, 0.15) is 41.6 Å². The van der Waals surface area contributed by atoms with Crippen LogP contribution >= 0.6 is 11.3 Å². The van der Waals surface area contributed by atoms with Crippen LogP contribution in [-0.4, -0.2) is 23.2 Å². The van der Waals surface area contributed by atoms with Gasteiger partial charge in [0.05, 0.1) is 34.9 Å². The number of ether oxygens (including phenoxy) is 2. The lowest BCUT2D eigenvalue weighted by atomic mass is 9.83. The van der Waals surface area contributed by atoms with Crippen LogP contribution in [0.3, 0.4) is 0 Å². The maximum atomic E-state index is 13.9. The number of thiazole rings is 1. The molecule has 0 amide bonds. The lowest BCUT2D eigenvalue weighted by Crippen LogP contribution is -2.38. The molecule has 2 aliphatic rings. The number of fused-ring (bicyclic) bond motifs is 3. The van der Waals surface area contributed by atoms with E-state index in [9.17, 15) is 14.9 Å². The predicted molar refractivity (Wildman–Crippen MR) is 150 cm³/mol. The molecular weight excluding hydrogens is 514 g/mol. The maximum absolute atomic E-state index is 13.9. The van der Waals surface area contributed by atoms with Gasteiger partial charge in [-0.3, -0.25) is 19.5 Å². The van der Waals surface area contributed by atoms with Gasteiger partial charge < -0.3 is 9.47 Å². The predicted octanol–water partition coefficient (Wildman–Crippen LogP) is 4.63. The summed E-state index contributed by atoms with van der Waals surface area (Å²) in [5.74, 6) is 0.914. The zero-order valence-electron chi connectivity index (χ0n) is 21.4. The average molecular weight is 540 g/mol. The average Bonchev–Trinajstić information content (AvgIpc) is 3.26. The first-order valence-electron chi connectivity index (χ1n) is 12.7. The second kappa shape index (κ2) is 9.99. The molecule has 1 aliphatic heterocycles. The summed E-state index contributed by atoms with van der Waals surface area (Å²) >= 11 is 1.29. The fourth-order valence-electron chi connectivity index (χ4n) is 5.33.